The molecule has 0 bridgehead atoms. The molecular formula is C16H25N3. The van der Waals surface area contributed by atoms with Crippen LogP contribution in [0.5, 0.6) is 0 Å². The summed E-state index contributed by atoms with van der Waals surface area (Å²) in [5, 5.41) is 0. The van der Waals surface area contributed by atoms with E-state index in [4.69, 9.17) is 5.73 Å². The number of likely N-dealkylation sites (tertiary alicyclic amines) is 1. The average molecular weight is 259 g/mol. The molecule has 0 aliphatic carbocycles. The number of nitrogens with zero attached hydrogens (tertiary/aromatic N) is 2. The van der Waals surface area contributed by atoms with Crippen LogP contribution < -0.4 is 10.6 Å². The first-order valence-corrected chi connectivity index (χ1v) is 7.59. The summed E-state index contributed by atoms with van der Waals surface area (Å²) in [6.45, 7) is 7.02. The SMILES string of the molecule is C[C@H](N)c1ccccc1N1CCC(N2CCCC2)C1. The number of hydrogen-bond acceptors (Lipinski definition) is 3. The highest BCUT2D eigenvalue weighted by Crippen LogP contribution is 2.30. The highest BCUT2D eigenvalue weighted by molar-refractivity contribution is 5.55. The molecule has 1 aromatic rings. The van der Waals surface area contributed by atoms with Gasteiger partial charge in [0, 0.05) is 30.9 Å². The van der Waals surface area contributed by atoms with Crippen molar-refractivity contribution in [3.8, 4) is 0 Å². The number of rotatable bonds is 3. The highest BCUT2D eigenvalue weighted by atomic mass is 15.3. The van der Waals surface area contributed by atoms with Crippen LogP contribution in [0.1, 0.15) is 37.8 Å². The Labute approximate surface area is 116 Å². The Morgan fingerprint density at radius 3 is 2.63 bits per heavy atom. The molecule has 0 radical (unpaired) electrons. The van der Waals surface area contributed by atoms with E-state index in [-0.39, 0.29) is 6.04 Å². The lowest BCUT2D eigenvalue weighted by molar-refractivity contribution is 0.260. The molecule has 3 rings (SSSR count). The van der Waals surface area contributed by atoms with Gasteiger partial charge in [-0.25, -0.2) is 0 Å². The van der Waals surface area contributed by atoms with Gasteiger partial charge in [0.15, 0.2) is 0 Å². The van der Waals surface area contributed by atoms with Crippen LogP contribution in [-0.2, 0) is 0 Å². The lowest BCUT2D eigenvalue weighted by atomic mass is 10.1. The van der Waals surface area contributed by atoms with E-state index >= 15 is 0 Å². The first-order valence-electron chi connectivity index (χ1n) is 7.59. The molecular weight excluding hydrogens is 234 g/mol. The summed E-state index contributed by atoms with van der Waals surface area (Å²) in [5.41, 5.74) is 8.73. The second kappa shape index (κ2) is 5.51. The van der Waals surface area contributed by atoms with Crippen molar-refractivity contribution >= 4 is 5.69 Å². The molecule has 0 amide bonds. The van der Waals surface area contributed by atoms with Crippen LogP contribution in [0.25, 0.3) is 0 Å². The van der Waals surface area contributed by atoms with Gasteiger partial charge >= 0.3 is 0 Å². The van der Waals surface area contributed by atoms with E-state index in [0.717, 1.165) is 6.04 Å². The molecule has 0 spiro atoms. The molecule has 2 aliphatic heterocycles. The summed E-state index contributed by atoms with van der Waals surface area (Å²) in [5.74, 6) is 0. The van der Waals surface area contributed by atoms with Gasteiger partial charge in [-0.3, -0.25) is 4.90 Å². The highest BCUT2D eigenvalue weighted by Gasteiger charge is 2.30. The minimum absolute atomic E-state index is 0.113. The monoisotopic (exact) mass is 259 g/mol. The molecule has 2 saturated heterocycles. The Morgan fingerprint density at radius 1 is 1.16 bits per heavy atom. The van der Waals surface area contributed by atoms with E-state index in [1.54, 1.807) is 0 Å². The fraction of sp³-hybridized carbons (Fsp3) is 0.625. The van der Waals surface area contributed by atoms with E-state index in [1.807, 2.05) is 0 Å². The van der Waals surface area contributed by atoms with E-state index < -0.39 is 0 Å². The van der Waals surface area contributed by atoms with Crippen molar-refractivity contribution in [1.82, 2.24) is 4.90 Å². The van der Waals surface area contributed by atoms with Crippen molar-refractivity contribution in [3.63, 3.8) is 0 Å². The van der Waals surface area contributed by atoms with Crippen molar-refractivity contribution < 1.29 is 0 Å². The molecule has 2 fully saturated rings. The first-order chi connectivity index (χ1) is 9.25. The van der Waals surface area contributed by atoms with Gasteiger partial charge in [0.1, 0.15) is 0 Å². The normalized spacial score (nSPS) is 26.0. The molecule has 1 unspecified atom stereocenters. The van der Waals surface area contributed by atoms with Crippen molar-refractivity contribution in [2.45, 2.75) is 38.3 Å². The fourth-order valence-electron chi connectivity index (χ4n) is 3.53. The first kappa shape index (κ1) is 12.9. The van der Waals surface area contributed by atoms with Gasteiger partial charge in [0.05, 0.1) is 0 Å². The fourth-order valence-corrected chi connectivity index (χ4v) is 3.53. The topological polar surface area (TPSA) is 32.5 Å². The lowest BCUT2D eigenvalue weighted by Crippen LogP contribution is -2.35. The zero-order chi connectivity index (χ0) is 13.2. The summed E-state index contributed by atoms with van der Waals surface area (Å²) in [4.78, 5) is 5.20. The van der Waals surface area contributed by atoms with E-state index in [9.17, 15) is 0 Å². The third-order valence-electron chi connectivity index (χ3n) is 4.59. The Kier molecular flexibility index (Phi) is 3.76. The van der Waals surface area contributed by atoms with Crippen molar-refractivity contribution in [2.75, 3.05) is 31.1 Å². The van der Waals surface area contributed by atoms with Crippen LogP contribution in [0.15, 0.2) is 24.3 Å². The summed E-state index contributed by atoms with van der Waals surface area (Å²) < 4.78 is 0. The molecule has 0 saturated carbocycles. The van der Waals surface area contributed by atoms with Gasteiger partial charge in [-0.1, -0.05) is 18.2 Å². The van der Waals surface area contributed by atoms with E-state index in [2.05, 4.69) is 41.0 Å². The van der Waals surface area contributed by atoms with Crippen LogP contribution in [0.3, 0.4) is 0 Å². The van der Waals surface area contributed by atoms with Crippen molar-refractivity contribution in [2.24, 2.45) is 5.73 Å². The molecule has 2 aliphatic rings. The molecule has 3 nitrogen and oxygen atoms in total. The summed E-state index contributed by atoms with van der Waals surface area (Å²) in [6.07, 6.45) is 4.06. The van der Waals surface area contributed by atoms with Crippen LogP contribution in [0.4, 0.5) is 5.69 Å². The van der Waals surface area contributed by atoms with E-state index in [0.29, 0.717) is 0 Å². The molecule has 0 aromatic heterocycles. The molecule has 1 aromatic carbocycles. The Morgan fingerprint density at radius 2 is 1.89 bits per heavy atom. The predicted octanol–water partition coefficient (Wildman–Crippen LogP) is 2.38. The summed E-state index contributed by atoms with van der Waals surface area (Å²) in [7, 11) is 0. The minimum atomic E-state index is 0.113. The minimum Gasteiger partial charge on any atom is -0.370 e. The maximum absolute atomic E-state index is 6.10. The third kappa shape index (κ3) is 2.63. The smallest absolute Gasteiger partial charge is 0.0415 e. The van der Waals surface area contributed by atoms with Gasteiger partial charge in [0.25, 0.3) is 0 Å². The summed E-state index contributed by atoms with van der Waals surface area (Å²) in [6, 6.07) is 9.49. The predicted molar refractivity (Wildman–Crippen MR) is 80.5 cm³/mol. The van der Waals surface area contributed by atoms with E-state index in [1.165, 1.54) is 56.7 Å². The van der Waals surface area contributed by atoms with Gasteiger partial charge in [-0.05, 0) is 50.9 Å². The Bertz CT molecular complexity index is 424. The molecule has 19 heavy (non-hydrogen) atoms. The Hall–Kier alpha value is -1.06. The molecule has 2 atom stereocenters. The van der Waals surface area contributed by atoms with Crippen LogP contribution in [0.2, 0.25) is 0 Å². The van der Waals surface area contributed by atoms with Crippen molar-refractivity contribution in [1.29, 1.82) is 0 Å². The second-order valence-electron chi connectivity index (χ2n) is 5.98. The zero-order valence-electron chi connectivity index (χ0n) is 11.9. The van der Waals surface area contributed by atoms with Crippen LogP contribution in [0, 0.1) is 0 Å². The third-order valence-corrected chi connectivity index (χ3v) is 4.59. The number of hydrogen-bond donors (Lipinski definition) is 1. The molecule has 2 heterocycles. The van der Waals surface area contributed by atoms with Crippen LogP contribution in [-0.4, -0.2) is 37.1 Å². The molecule has 104 valence electrons. The largest absolute Gasteiger partial charge is 0.370 e. The van der Waals surface area contributed by atoms with Gasteiger partial charge < -0.3 is 10.6 Å². The number of benzene rings is 1. The zero-order valence-corrected chi connectivity index (χ0v) is 11.9. The average Bonchev–Trinajstić information content (AvgIpc) is 3.09. The quantitative estimate of drug-likeness (QED) is 0.904. The standard InChI is InChI=1S/C16H25N3/c1-13(17)15-6-2-3-7-16(15)19-11-8-14(12-19)18-9-4-5-10-18/h2-3,6-7,13-14H,4-5,8-12,17H2,1H3/t13-,14?/m0/s1. The maximum Gasteiger partial charge on any atom is 0.0415 e. The van der Waals surface area contributed by atoms with Crippen molar-refractivity contribution in [3.05, 3.63) is 29.8 Å². The van der Waals surface area contributed by atoms with Gasteiger partial charge in [-0.2, -0.15) is 0 Å². The number of para-hydroxylation sites is 1. The maximum atomic E-state index is 6.10. The molecule has 3 heteroatoms. The van der Waals surface area contributed by atoms with Gasteiger partial charge in [0.2, 0.25) is 0 Å². The summed E-state index contributed by atoms with van der Waals surface area (Å²) >= 11 is 0. The second-order valence-corrected chi connectivity index (χ2v) is 5.98. The molecule has 2 N–H and O–H groups in total. The van der Waals surface area contributed by atoms with Crippen LogP contribution >= 0.6 is 0 Å². The number of nitrogens with two attached hydrogens (primary N) is 1. The number of anilines is 1. The Balaban J connectivity index is 1.73. The lowest BCUT2D eigenvalue weighted by Gasteiger charge is -2.26. The van der Waals surface area contributed by atoms with Gasteiger partial charge in [-0.15, -0.1) is 0 Å².